The Hall–Kier alpha value is -2.74. The maximum Gasteiger partial charge on any atom is 0.178 e. The van der Waals surface area contributed by atoms with Gasteiger partial charge in [0, 0.05) is 56.0 Å². The zero-order valence-electron chi connectivity index (χ0n) is 17.8. The van der Waals surface area contributed by atoms with E-state index in [1.807, 2.05) is 6.07 Å². The van der Waals surface area contributed by atoms with E-state index >= 15 is 0 Å². The summed E-state index contributed by atoms with van der Waals surface area (Å²) in [5.41, 5.74) is 4.12. The minimum atomic E-state index is 0.0984. The lowest BCUT2D eigenvalue weighted by atomic mass is 9.99. The van der Waals surface area contributed by atoms with Crippen LogP contribution in [0, 0.1) is 11.3 Å². The van der Waals surface area contributed by atoms with E-state index in [9.17, 15) is 0 Å². The number of amidine groups is 1. The van der Waals surface area contributed by atoms with Gasteiger partial charge in [-0.15, -0.1) is 5.11 Å². The minimum absolute atomic E-state index is 0.0984. The number of nitrogens with one attached hydrogen (secondary N) is 1. The number of benzene rings is 1. The van der Waals surface area contributed by atoms with Crippen LogP contribution in [0.4, 0.5) is 5.69 Å². The van der Waals surface area contributed by atoms with Crippen LogP contribution >= 0.6 is 0 Å². The molecule has 2 aromatic rings. The zero-order chi connectivity index (χ0) is 21.1. The Bertz CT molecular complexity index is 908. The maximum absolute atomic E-state index is 8.24. The van der Waals surface area contributed by atoms with Crippen molar-refractivity contribution in [3.05, 3.63) is 46.8 Å². The van der Waals surface area contributed by atoms with Crippen LogP contribution in [0.15, 0.2) is 39.1 Å². The van der Waals surface area contributed by atoms with Gasteiger partial charge in [-0.2, -0.15) is 0 Å². The van der Waals surface area contributed by atoms with Gasteiger partial charge in [-0.05, 0) is 42.9 Å². The Kier molecular flexibility index (Phi) is 6.13. The number of aromatic nitrogens is 1. The molecule has 1 aliphatic heterocycles. The summed E-state index contributed by atoms with van der Waals surface area (Å²) in [6.07, 6.45) is 3.46. The molecule has 8 nitrogen and oxygen atoms in total. The van der Waals surface area contributed by atoms with Gasteiger partial charge >= 0.3 is 0 Å². The van der Waals surface area contributed by atoms with E-state index in [2.05, 4.69) is 57.3 Å². The highest BCUT2D eigenvalue weighted by Gasteiger charge is 2.28. The number of nitrogens with two attached hydrogens (primary N) is 1. The summed E-state index contributed by atoms with van der Waals surface area (Å²) in [6, 6.07) is 8.38. The average molecular weight is 410 g/mol. The van der Waals surface area contributed by atoms with Gasteiger partial charge in [-0.1, -0.05) is 30.3 Å². The molecule has 30 heavy (non-hydrogen) atoms. The molecule has 1 aromatic heterocycles. The topological polar surface area (TPSA) is 107 Å². The van der Waals surface area contributed by atoms with Gasteiger partial charge in [0.2, 0.25) is 0 Å². The van der Waals surface area contributed by atoms with Crippen molar-refractivity contribution in [3.8, 4) is 0 Å². The van der Waals surface area contributed by atoms with Crippen molar-refractivity contribution in [1.29, 1.82) is 5.41 Å². The Morgan fingerprint density at radius 3 is 2.67 bits per heavy atom. The number of rotatable bonds is 7. The monoisotopic (exact) mass is 409 g/mol. The fraction of sp³-hybridized carbons (Fsp3) is 0.545. The van der Waals surface area contributed by atoms with E-state index in [-0.39, 0.29) is 5.84 Å². The lowest BCUT2D eigenvalue weighted by Gasteiger charge is -2.36. The first-order valence-corrected chi connectivity index (χ1v) is 10.8. The predicted molar refractivity (Wildman–Crippen MR) is 117 cm³/mol. The third kappa shape index (κ3) is 4.87. The summed E-state index contributed by atoms with van der Waals surface area (Å²) < 4.78 is 5.49. The number of hydrogen-bond acceptors (Lipinski definition) is 6. The normalized spacial score (nSPS) is 17.9. The van der Waals surface area contributed by atoms with Crippen LogP contribution in [0.2, 0.25) is 0 Å². The highest BCUT2D eigenvalue weighted by atomic mass is 16.5. The molecule has 0 amide bonds. The van der Waals surface area contributed by atoms with E-state index in [1.165, 1.54) is 18.4 Å². The molecule has 3 N–H and O–H groups in total. The smallest absolute Gasteiger partial charge is 0.178 e. The third-order valence-electron chi connectivity index (χ3n) is 5.77. The molecule has 4 rings (SSSR count). The molecule has 1 aliphatic carbocycles. The number of hydrogen-bond donors (Lipinski definition) is 2. The van der Waals surface area contributed by atoms with Gasteiger partial charge in [0.1, 0.15) is 5.76 Å². The van der Waals surface area contributed by atoms with Crippen LogP contribution in [-0.2, 0) is 13.0 Å². The second-order valence-electron chi connectivity index (χ2n) is 8.77. The van der Waals surface area contributed by atoms with Gasteiger partial charge in [-0.25, -0.2) is 0 Å². The molecule has 0 bridgehead atoms. The number of anilines is 1. The Morgan fingerprint density at radius 1 is 1.23 bits per heavy atom. The molecule has 1 aromatic carbocycles. The minimum Gasteiger partial charge on any atom is -0.368 e. The Balaban J connectivity index is 1.44. The lowest BCUT2D eigenvalue weighted by molar-refractivity contribution is 0.241. The molecule has 2 heterocycles. The molecule has 0 atom stereocenters. The van der Waals surface area contributed by atoms with Crippen molar-refractivity contribution < 1.29 is 4.52 Å². The lowest BCUT2D eigenvalue weighted by Crippen LogP contribution is -2.46. The summed E-state index contributed by atoms with van der Waals surface area (Å²) in [4.78, 5) is 4.75. The van der Waals surface area contributed by atoms with Crippen molar-refractivity contribution in [2.45, 2.75) is 45.6 Å². The second kappa shape index (κ2) is 8.95. The van der Waals surface area contributed by atoms with Gasteiger partial charge in [0.25, 0.3) is 0 Å². The quantitative estimate of drug-likeness (QED) is 0.238. The summed E-state index contributed by atoms with van der Waals surface area (Å²) >= 11 is 0. The van der Waals surface area contributed by atoms with Crippen LogP contribution in [-0.4, -0.2) is 42.1 Å². The van der Waals surface area contributed by atoms with Crippen LogP contribution < -0.4 is 10.7 Å². The molecule has 0 unspecified atom stereocenters. The van der Waals surface area contributed by atoms with Crippen LogP contribution in [0.5, 0.6) is 0 Å². The van der Waals surface area contributed by atoms with Crippen LogP contribution in [0.3, 0.4) is 0 Å². The largest absolute Gasteiger partial charge is 0.368 e. The van der Waals surface area contributed by atoms with Crippen molar-refractivity contribution in [1.82, 2.24) is 10.1 Å². The molecule has 0 spiro atoms. The molecular formula is C22H31N7O. The highest BCUT2D eigenvalue weighted by molar-refractivity contribution is 6.02. The SMILES string of the molecule is CC(C)Cc1ccc(C(=N)/N=N\N)c(N2CCN(Cc3cc(C4CC4)on3)CC2)c1. The molecular weight excluding hydrogens is 378 g/mol. The molecule has 2 fully saturated rings. The average Bonchev–Trinajstić information content (AvgIpc) is 3.47. The Morgan fingerprint density at radius 2 is 2.00 bits per heavy atom. The molecule has 2 aliphatic rings. The van der Waals surface area contributed by atoms with Crippen molar-refractivity contribution in [2.24, 2.45) is 22.1 Å². The number of nitrogens with zero attached hydrogens (tertiary/aromatic N) is 5. The van der Waals surface area contributed by atoms with Crippen LogP contribution in [0.25, 0.3) is 0 Å². The fourth-order valence-corrected chi connectivity index (χ4v) is 4.09. The van der Waals surface area contributed by atoms with Crippen LogP contribution in [0.1, 0.15) is 55.2 Å². The summed E-state index contributed by atoms with van der Waals surface area (Å²) in [6.45, 7) is 8.90. The molecule has 0 radical (unpaired) electrons. The summed E-state index contributed by atoms with van der Waals surface area (Å²) in [7, 11) is 0. The first kappa shape index (κ1) is 20.5. The van der Waals surface area contributed by atoms with E-state index < -0.39 is 0 Å². The first-order chi connectivity index (χ1) is 14.5. The van der Waals surface area contributed by atoms with Crippen molar-refractivity contribution in [3.63, 3.8) is 0 Å². The van der Waals surface area contributed by atoms with E-state index in [0.717, 1.165) is 61.8 Å². The predicted octanol–water partition coefficient (Wildman–Crippen LogP) is 3.72. The van der Waals surface area contributed by atoms with Crippen molar-refractivity contribution in [2.75, 3.05) is 31.1 Å². The van der Waals surface area contributed by atoms with Gasteiger partial charge in [0.05, 0.1) is 5.69 Å². The standard InChI is InChI=1S/C22H31N7O/c1-15(2)11-16-3-6-19(22(23)25-27-24)20(12-16)29-9-7-28(8-10-29)14-18-13-21(30-26-18)17-4-5-17/h3,6,12-13,15,17H,4-5,7-11,14H2,1-2H3,(H3,23,24,25). The molecule has 8 heteroatoms. The first-order valence-electron chi connectivity index (χ1n) is 10.8. The Labute approximate surface area is 177 Å². The van der Waals surface area contributed by atoms with Gasteiger partial charge in [-0.3, -0.25) is 10.3 Å². The molecule has 1 saturated carbocycles. The summed E-state index contributed by atoms with van der Waals surface area (Å²) in [5.74, 6) is 7.51. The zero-order valence-corrected chi connectivity index (χ0v) is 17.8. The highest BCUT2D eigenvalue weighted by Crippen LogP contribution is 2.40. The fourth-order valence-electron chi connectivity index (χ4n) is 4.09. The molecule has 160 valence electrons. The van der Waals surface area contributed by atoms with E-state index in [1.54, 1.807) is 0 Å². The van der Waals surface area contributed by atoms with Gasteiger partial charge < -0.3 is 15.3 Å². The summed E-state index contributed by atoms with van der Waals surface area (Å²) in [5, 5.41) is 19.6. The van der Waals surface area contributed by atoms with E-state index in [4.69, 9.17) is 15.8 Å². The molecule has 1 saturated heterocycles. The second-order valence-corrected chi connectivity index (χ2v) is 8.77. The maximum atomic E-state index is 8.24. The number of piperazine rings is 1. The van der Waals surface area contributed by atoms with Crippen molar-refractivity contribution >= 4 is 11.5 Å². The van der Waals surface area contributed by atoms with E-state index in [0.29, 0.717) is 11.8 Å². The van der Waals surface area contributed by atoms with Gasteiger partial charge in [0.15, 0.2) is 5.84 Å². The third-order valence-corrected chi connectivity index (χ3v) is 5.77.